The maximum absolute atomic E-state index is 12.9. The number of hydrogen-bond donors (Lipinski definition) is 1. The van der Waals surface area contributed by atoms with Crippen LogP contribution in [-0.2, 0) is 11.3 Å². The van der Waals surface area contributed by atoms with Gasteiger partial charge in [-0.1, -0.05) is 54.6 Å². The summed E-state index contributed by atoms with van der Waals surface area (Å²) < 4.78 is 11.4. The molecule has 1 fully saturated rings. The van der Waals surface area contributed by atoms with Gasteiger partial charge in [0, 0.05) is 0 Å². The standard InChI is InChI=1S/C23H18O5/c24-20(22-21(28-22)16-10-12-17(13-11-16)23(25)26)18-8-4-5-9-19(18)27-14-15-6-2-1-3-7-15/h1-13,21-22H,14H2,(H,25,26)/t21-,22+/m0/s1. The van der Waals surface area contributed by atoms with Gasteiger partial charge < -0.3 is 14.6 Å². The minimum atomic E-state index is -0.986. The van der Waals surface area contributed by atoms with Crippen molar-refractivity contribution in [1.29, 1.82) is 0 Å². The number of carbonyl (C=O) groups excluding carboxylic acids is 1. The first-order chi connectivity index (χ1) is 13.6. The number of para-hydroxylation sites is 1. The lowest BCUT2D eigenvalue weighted by atomic mass is 10.0. The molecule has 1 N–H and O–H groups in total. The lowest BCUT2D eigenvalue weighted by molar-refractivity contribution is 0.0696. The van der Waals surface area contributed by atoms with Gasteiger partial charge in [0.2, 0.25) is 0 Å². The summed E-state index contributed by atoms with van der Waals surface area (Å²) >= 11 is 0. The summed E-state index contributed by atoms with van der Waals surface area (Å²) in [7, 11) is 0. The van der Waals surface area contributed by atoms with Crippen LogP contribution in [0.4, 0.5) is 0 Å². The molecule has 1 saturated heterocycles. The topological polar surface area (TPSA) is 76.1 Å². The molecule has 4 rings (SSSR count). The SMILES string of the molecule is O=C(O)c1ccc([C@@H]2O[C@@H]2C(=O)c2ccccc2OCc2ccccc2)cc1. The van der Waals surface area contributed by atoms with Crippen molar-refractivity contribution in [3.05, 3.63) is 101 Å². The van der Waals surface area contributed by atoms with E-state index < -0.39 is 12.1 Å². The number of rotatable bonds is 7. The highest BCUT2D eigenvalue weighted by molar-refractivity contribution is 6.03. The number of ether oxygens (including phenoxy) is 2. The summed E-state index contributed by atoms with van der Waals surface area (Å²) in [6.45, 7) is 0.372. The van der Waals surface area contributed by atoms with E-state index in [4.69, 9.17) is 14.6 Å². The highest BCUT2D eigenvalue weighted by atomic mass is 16.6. The third kappa shape index (κ3) is 3.80. The summed E-state index contributed by atoms with van der Waals surface area (Å²) in [5.41, 5.74) is 2.48. The zero-order valence-corrected chi connectivity index (χ0v) is 14.9. The van der Waals surface area contributed by atoms with Gasteiger partial charge in [0.1, 0.15) is 18.5 Å². The van der Waals surface area contributed by atoms with E-state index in [2.05, 4.69) is 0 Å². The minimum absolute atomic E-state index is 0.143. The molecule has 1 aliphatic heterocycles. The van der Waals surface area contributed by atoms with Crippen molar-refractivity contribution in [3.8, 4) is 5.75 Å². The van der Waals surface area contributed by atoms with Crippen molar-refractivity contribution in [1.82, 2.24) is 0 Å². The van der Waals surface area contributed by atoms with Gasteiger partial charge in [0.25, 0.3) is 0 Å². The van der Waals surface area contributed by atoms with Gasteiger partial charge in [-0.05, 0) is 35.4 Å². The fraction of sp³-hybridized carbons (Fsp3) is 0.130. The second-order valence-electron chi connectivity index (χ2n) is 6.54. The molecule has 1 aliphatic rings. The van der Waals surface area contributed by atoms with E-state index in [1.165, 1.54) is 12.1 Å². The van der Waals surface area contributed by atoms with E-state index in [-0.39, 0.29) is 17.5 Å². The number of hydrogen-bond acceptors (Lipinski definition) is 4. The zero-order chi connectivity index (χ0) is 19.5. The Morgan fingerprint density at radius 1 is 0.893 bits per heavy atom. The van der Waals surface area contributed by atoms with Crippen LogP contribution in [0.3, 0.4) is 0 Å². The molecular formula is C23H18O5. The molecule has 0 spiro atoms. The van der Waals surface area contributed by atoms with Gasteiger partial charge in [-0.2, -0.15) is 0 Å². The molecule has 0 radical (unpaired) electrons. The number of Topliss-reactive ketones (excluding diaryl/α,β-unsaturated/α-hetero) is 1. The number of aromatic carboxylic acids is 1. The van der Waals surface area contributed by atoms with Crippen LogP contribution in [0.15, 0.2) is 78.9 Å². The van der Waals surface area contributed by atoms with Crippen molar-refractivity contribution in [3.63, 3.8) is 0 Å². The second kappa shape index (κ2) is 7.66. The van der Waals surface area contributed by atoms with Gasteiger partial charge in [0.05, 0.1) is 11.1 Å². The van der Waals surface area contributed by atoms with Crippen LogP contribution in [0.25, 0.3) is 0 Å². The third-order valence-corrected chi connectivity index (χ3v) is 4.63. The fourth-order valence-electron chi connectivity index (χ4n) is 3.07. The summed E-state index contributed by atoms with van der Waals surface area (Å²) in [5, 5.41) is 8.98. The van der Waals surface area contributed by atoms with E-state index in [1.54, 1.807) is 30.3 Å². The molecule has 2 atom stereocenters. The van der Waals surface area contributed by atoms with E-state index in [0.29, 0.717) is 17.9 Å². The maximum Gasteiger partial charge on any atom is 0.335 e. The monoisotopic (exact) mass is 374 g/mol. The Kier molecular flexibility index (Phi) is 4.91. The fourth-order valence-corrected chi connectivity index (χ4v) is 3.07. The van der Waals surface area contributed by atoms with Crippen molar-refractivity contribution in [2.45, 2.75) is 18.8 Å². The molecule has 3 aromatic carbocycles. The zero-order valence-electron chi connectivity index (χ0n) is 14.9. The molecular weight excluding hydrogens is 356 g/mol. The van der Waals surface area contributed by atoms with E-state index in [1.807, 2.05) is 36.4 Å². The first-order valence-corrected chi connectivity index (χ1v) is 8.92. The van der Waals surface area contributed by atoms with E-state index >= 15 is 0 Å². The Labute approximate surface area is 162 Å². The van der Waals surface area contributed by atoms with Crippen molar-refractivity contribution in [2.75, 3.05) is 0 Å². The summed E-state index contributed by atoms with van der Waals surface area (Å²) in [4.78, 5) is 23.9. The van der Waals surface area contributed by atoms with Gasteiger partial charge in [-0.25, -0.2) is 4.79 Å². The highest BCUT2D eigenvalue weighted by Gasteiger charge is 2.46. The molecule has 0 amide bonds. The molecule has 0 saturated carbocycles. The maximum atomic E-state index is 12.9. The first kappa shape index (κ1) is 17.9. The van der Waals surface area contributed by atoms with E-state index in [0.717, 1.165) is 11.1 Å². The average molecular weight is 374 g/mol. The summed E-state index contributed by atoms with van der Waals surface area (Å²) in [5.74, 6) is -0.608. The van der Waals surface area contributed by atoms with Crippen molar-refractivity contribution in [2.24, 2.45) is 0 Å². The first-order valence-electron chi connectivity index (χ1n) is 8.92. The number of carboxylic acids is 1. The highest BCUT2D eigenvalue weighted by Crippen LogP contribution is 2.41. The molecule has 3 aromatic rings. The van der Waals surface area contributed by atoms with Crippen LogP contribution < -0.4 is 4.74 Å². The average Bonchev–Trinajstić information content (AvgIpc) is 3.54. The molecule has 5 heteroatoms. The van der Waals surface area contributed by atoms with Gasteiger partial charge in [0.15, 0.2) is 11.9 Å². The third-order valence-electron chi connectivity index (χ3n) is 4.63. The lowest BCUT2D eigenvalue weighted by Gasteiger charge is -2.10. The molecule has 1 heterocycles. The number of benzene rings is 3. The Hall–Kier alpha value is -3.44. The smallest absolute Gasteiger partial charge is 0.335 e. The second-order valence-corrected chi connectivity index (χ2v) is 6.54. The van der Waals surface area contributed by atoms with Gasteiger partial charge in [-0.15, -0.1) is 0 Å². The van der Waals surface area contributed by atoms with Crippen molar-refractivity contribution >= 4 is 11.8 Å². The summed E-state index contributed by atoms with van der Waals surface area (Å²) in [6, 6.07) is 23.2. The Morgan fingerprint density at radius 3 is 2.29 bits per heavy atom. The quantitative estimate of drug-likeness (QED) is 0.493. The molecule has 0 aromatic heterocycles. The van der Waals surface area contributed by atoms with Gasteiger partial charge >= 0.3 is 5.97 Å². The molecule has 5 nitrogen and oxygen atoms in total. The predicted molar refractivity (Wildman–Crippen MR) is 103 cm³/mol. The molecule has 140 valence electrons. The molecule has 28 heavy (non-hydrogen) atoms. The number of epoxide rings is 1. The molecule has 0 aliphatic carbocycles. The van der Waals surface area contributed by atoms with Crippen LogP contribution in [0.2, 0.25) is 0 Å². The summed E-state index contributed by atoms with van der Waals surface area (Å²) in [6.07, 6.45) is -0.949. The Bertz CT molecular complexity index is 995. The Morgan fingerprint density at radius 2 is 1.57 bits per heavy atom. The van der Waals surface area contributed by atoms with Crippen LogP contribution >= 0.6 is 0 Å². The van der Waals surface area contributed by atoms with Crippen LogP contribution in [0, 0.1) is 0 Å². The molecule has 0 bridgehead atoms. The lowest BCUT2D eigenvalue weighted by Crippen LogP contribution is -2.11. The number of carbonyl (C=O) groups is 2. The number of ketones is 1. The minimum Gasteiger partial charge on any atom is -0.488 e. The van der Waals surface area contributed by atoms with Crippen LogP contribution in [-0.4, -0.2) is 23.0 Å². The van der Waals surface area contributed by atoms with Crippen LogP contribution in [0.1, 0.15) is 37.9 Å². The van der Waals surface area contributed by atoms with Gasteiger partial charge in [-0.3, -0.25) is 4.79 Å². The molecule has 0 unspecified atom stereocenters. The van der Waals surface area contributed by atoms with Crippen molar-refractivity contribution < 1.29 is 24.2 Å². The Balaban J connectivity index is 1.46. The normalized spacial score (nSPS) is 17.7. The largest absolute Gasteiger partial charge is 0.488 e. The predicted octanol–water partition coefficient (Wildman–Crippen LogP) is 4.29. The van der Waals surface area contributed by atoms with Crippen LogP contribution in [0.5, 0.6) is 5.75 Å². The van der Waals surface area contributed by atoms with E-state index in [9.17, 15) is 9.59 Å². The number of carboxylic acid groups (broad SMARTS) is 1.